The van der Waals surface area contributed by atoms with Crippen LogP contribution in [0.15, 0.2) is 66.7 Å². The zero-order valence-electron chi connectivity index (χ0n) is 17.6. The average Bonchev–Trinajstić information content (AvgIpc) is 2.77. The van der Waals surface area contributed by atoms with Crippen molar-refractivity contribution in [1.82, 2.24) is 0 Å². The summed E-state index contributed by atoms with van der Waals surface area (Å²) in [5.41, 5.74) is 4.02. The Kier molecular flexibility index (Phi) is 5.89. The summed E-state index contributed by atoms with van der Waals surface area (Å²) in [6.45, 7) is 4.68. The number of rotatable bonds is 6. The van der Waals surface area contributed by atoms with Crippen LogP contribution in [0.2, 0.25) is 0 Å². The summed E-state index contributed by atoms with van der Waals surface area (Å²) in [7, 11) is 0. The molecular weight excluding hydrogens is 392 g/mol. The van der Waals surface area contributed by atoms with Gasteiger partial charge in [0, 0.05) is 11.3 Å². The predicted octanol–water partition coefficient (Wildman–Crippen LogP) is 4.36. The van der Waals surface area contributed by atoms with Crippen molar-refractivity contribution in [2.24, 2.45) is 0 Å². The molecule has 31 heavy (non-hydrogen) atoms. The molecule has 0 aliphatic carbocycles. The van der Waals surface area contributed by atoms with Crippen LogP contribution >= 0.6 is 0 Å². The highest BCUT2D eigenvalue weighted by molar-refractivity contribution is 6.05. The van der Waals surface area contributed by atoms with E-state index < -0.39 is 0 Å². The fraction of sp³-hybridized carbons (Fsp3) is 0.200. The van der Waals surface area contributed by atoms with Gasteiger partial charge in [0.05, 0.1) is 12.2 Å². The quantitative estimate of drug-likeness (QED) is 0.648. The number of hydrogen-bond donors (Lipinski definition) is 1. The molecule has 0 atom stereocenters. The van der Waals surface area contributed by atoms with E-state index in [4.69, 9.17) is 9.47 Å². The van der Waals surface area contributed by atoms with Crippen LogP contribution in [0.3, 0.4) is 0 Å². The number of anilines is 2. The Morgan fingerprint density at radius 2 is 1.68 bits per heavy atom. The molecule has 0 fully saturated rings. The first-order valence-corrected chi connectivity index (χ1v) is 10.1. The third-order valence-corrected chi connectivity index (χ3v) is 5.08. The molecule has 0 aromatic heterocycles. The van der Waals surface area contributed by atoms with Gasteiger partial charge in [0.1, 0.15) is 18.1 Å². The van der Waals surface area contributed by atoms with Gasteiger partial charge in [0.2, 0.25) is 0 Å². The molecule has 1 N–H and O–H groups in total. The van der Waals surface area contributed by atoms with Gasteiger partial charge in [-0.15, -0.1) is 0 Å². The van der Waals surface area contributed by atoms with Gasteiger partial charge in [-0.2, -0.15) is 0 Å². The van der Waals surface area contributed by atoms with Gasteiger partial charge >= 0.3 is 0 Å². The van der Waals surface area contributed by atoms with Crippen LogP contribution in [-0.2, 0) is 4.79 Å². The Morgan fingerprint density at radius 3 is 2.39 bits per heavy atom. The van der Waals surface area contributed by atoms with Crippen molar-refractivity contribution in [3.05, 3.63) is 83.4 Å². The van der Waals surface area contributed by atoms with Crippen molar-refractivity contribution in [1.29, 1.82) is 0 Å². The standard InChI is InChI=1S/C25H24N2O4/c1-17-3-7-19(8-4-17)25(29)26-20-9-12-23-22(15-20)27(24(28)16-31-23)13-14-30-21-10-5-18(2)6-11-21/h3-12,15H,13-14,16H2,1-2H3,(H,26,29). The number of carbonyl (C=O) groups is 2. The second kappa shape index (κ2) is 8.92. The SMILES string of the molecule is Cc1ccc(OCCN2C(=O)COc3ccc(NC(=O)c4ccc(C)cc4)cc32)cc1. The molecule has 0 unspecified atom stereocenters. The maximum absolute atomic E-state index is 12.5. The van der Waals surface area contributed by atoms with E-state index in [0.29, 0.717) is 35.8 Å². The maximum atomic E-state index is 12.5. The van der Waals surface area contributed by atoms with E-state index in [1.807, 2.05) is 50.2 Å². The number of benzene rings is 3. The highest BCUT2D eigenvalue weighted by Gasteiger charge is 2.26. The molecule has 6 heteroatoms. The van der Waals surface area contributed by atoms with Crippen LogP contribution in [0.4, 0.5) is 11.4 Å². The number of fused-ring (bicyclic) bond motifs is 1. The van der Waals surface area contributed by atoms with E-state index in [1.165, 1.54) is 0 Å². The molecule has 0 saturated carbocycles. The minimum atomic E-state index is -0.211. The predicted molar refractivity (Wildman–Crippen MR) is 120 cm³/mol. The summed E-state index contributed by atoms with van der Waals surface area (Å²) in [5, 5.41) is 2.89. The molecule has 1 aliphatic heterocycles. The fourth-order valence-corrected chi connectivity index (χ4v) is 3.32. The molecule has 0 spiro atoms. The fourth-order valence-electron chi connectivity index (χ4n) is 3.32. The monoisotopic (exact) mass is 416 g/mol. The molecule has 4 rings (SSSR count). The van der Waals surface area contributed by atoms with Crippen molar-refractivity contribution >= 4 is 23.2 Å². The summed E-state index contributed by atoms with van der Waals surface area (Å²) in [6.07, 6.45) is 0. The van der Waals surface area contributed by atoms with E-state index in [2.05, 4.69) is 5.32 Å². The van der Waals surface area contributed by atoms with E-state index >= 15 is 0 Å². The minimum absolute atomic E-state index is 0.0212. The molecule has 1 aliphatic rings. The largest absolute Gasteiger partial charge is 0.492 e. The zero-order chi connectivity index (χ0) is 21.8. The van der Waals surface area contributed by atoms with Crippen molar-refractivity contribution in [2.45, 2.75) is 13.8 Å². The first-order valence-electron chi connectivity index (χ1n) is 10.1. The molecule has 158 valence electrons. The van der Waals surface area contributed by atoms with Gasteiger partial charge in [-0.3, -0.25) is 9.59 Å². The highest BCUT2D eigenvalue weighted by Crippen LogP contribution is 2.34. The Hall–Kier alpha value is -3.80. The summed E-state index contributed by atoms with van der Waals surface area (Å²) < 4.78 is 11.3. The maximum Gasteiger partial charge on any atom is 0.265 e. The molecule has 0 bridgehead atoms. The van der Waals surface area contributed by atoms with Gasteiger partial charge in [-0.25, -0.2) is 0 Å². The van der Waals surface area contributed by atoms with Crippen molar-refractivity contribution in [3.8, 4) is 11.5 Å². The van der Waals surface area contributed by atoms with Crippen molar-refractivity contribution in [2.75, 3.05) is 30.0 Å². The molecule has 3 aromatic carbocycles. The number of carbonyl (C=O) groups excluding carboxylic acids is 2. The molecule has 6 nitrogen and oxygen atoms in total. The Labute approximate surface area is 181 Å². The third-order valence-electron chi connectivity index (χ3n) is 5.08. The number of nitrogens with zero attached hydrogens (tertiary/aromatic N) is 1. The topological polar surface area (TPSA) is 67.9 Å². The van der Waals surface area contributed by atoms with Gasteiger partial charge in [-0.1, -0.05) is 35.4 Å². The number of hydrogen-bond acceptors (Lipinski definition) is 4. The number of ether oxygens (including phenoxy) is 2. The summed E-state index contributed by atoms with van der Waals surface area (Å²) in [6, 6.07) is 20.4. The smallest absolute Gasteiger partial charge is 0.265 e. The molecule has 3 aromatic rings. The first kappa shape index (κ1) is 20.5. The van der Waals surface area contributed by atoms with E-state index in [0.717, 1.165) is 16.9 Å². The lowest BCUT2D eigenvalue weighted by Gasteiger charge is -2.29. The Bertz CT molecular complexity index is 1090. The number of amides is 2. The third kappa shape index (κ3) is 4.86. The molecule has 2 amide bonds. The van der Waals surface area contributed by atoms with Gasteiger partial charge in [-0.05, 0) is 56.3 Å². The lowest BCUT2D eigenvalue weighted by atomic mass is 10.1. The first-order chi connectivity index (χ1) is 15.0. The van der Waals surface area contributed by atoms with Gasteiger partial charge < -0.3 is 19.7 Å². The lowest BCUT2D eigenvalue weighted by Crippen LogP contribution is -2.41. The van der Waals surface area contributed by atoms with Crippen LogP contribution in [0.5, 0.6) is 11.5 Å². The number of aryl methyl sites for hydroxylation is 2. The van der Waals surface area contributed by atoms with Crippen LogP contribution in [-0.4, -0.2) is 31.6 Å². The van der Waals surface area contributed by atoms with Crippen LogP contribution in [0.1, 0.15) is 21.5 Å². The highest BCUT2D eigenvalue weighted by atomic mass is 16.5. The molecule has 0 saturated heterocycles. The summed E-state index contributed by atoms with van der Waals surface area (Å²) in [4.78, 5) is 26.7. The average molecular weight is 416 g/mol. The minimum Gasteiger partial charge on any atom is -0.492 e. The van der Waals surface area contributed by atoms with Crippen molar-refractivity contribution in [3.63, 3.8) is 0 Å². The summed E-state index contributed by atoms with van der Waals surface area (Å²) in [5.74, 6) is 0.994. The van der Waals surface area contributed by atoms with Crippen LogP contribution in [0.25, 0.3) is 0 Å². The Morgan fingerprint density at radius 1 is 1.00 bits per heavy atom. The zero-order valence-corrected chi connectivity index (χ0v) is 17.6. The normalized spacial score (nSPS) is 12.7. The Balaban J connectivity index is 1.47. The van der Waals surface area contributed by atoms with Crippen molar-refractivity contribution < 1.29 is 19.1 Å². The summed E-state index contributed by atoms with van der Waals surface area (Å²) >= 11 is 0. The molecule has 0 radical (unpaired) electrons. The van der Waals surface area contributed by atoms with E-state index in [1.54, 1.807) is 35.2 Å². The molecule has 1 heterocycles. The van der Waals surface area contributed by atoms with Crippen LogP contribution in [0, 0.1) is 13.8 Å². The second-order valence-corrected chi connectivity index (χ2v) is 7.50. The second-order valence-electron chi connectivity index (χ2n) is 7.50. The number of nitrogens with one attached hydrogen (secondary N) is 1. The van der Waals surface area contributed by atoms with E-state index in [-0.39, 0.29) is 18.4 Å². The van der Waals surface area contributed by atoms with Gasteiger partial charge in [0.25, 0.3) is 11.8 Å². The molecular formula is C25H24N2O4. The van der Waals surface area contributed by atoms with E-state index in [9.17, 15) is 9.59 Å². The van der Waals surface area contributed by atoms with Crippen LogP contribution < -0.4 is 19.7 Å². The lowest BCUT2D eigenvalue weighted by molar-refractivity contribution is -0.121. The van der Waals surface area contributed by atoms with Gasteiger partial charge in [0.15, 0.2) is 6.61 Å².